The predicted octanol–water partition coefficient (Wildman–Crippen LogP) is 2.38. The van der Waals surface area contributed by atoms with Crippen LogP contribution >= 0.6 is 0 Å². The standard InChI is InChI=1S/C9H13N/c1-9(2,3)8-5-4-6-10-7-8/h4-7H,1-3H3/i6T. The Morgan fingerprint density at radius 1 is 1.50 bits per heavy atom. The molecule has 0 saturated carbocycles. The van der Waals surface area contributed by atoms with E-state index < -0.39 is 0 Å². The first kappa shape index (κ1) is 5.90. The van der Waals surface area contributed by atoms with E-state index in [2.05, 4.69) is 25.8 Å². The summed E-state index contributed by atoms with van der Waals surface area (Å²) in [6, 6.07) is 3.68. The summed E-state index contributed by atoms with van der Waals surface area (Å²) in [7, 11) is 0. The molecule has 1 aromatic heterocycles. The third-order valence-electron chi connectivity index (χ3n) is 1.48. The Kier molecular flexibility index (Phi) is 1.42. The van der Waals surface area contributed by atoms with Crippen molar-refractivity contribution in [1.29, 1.82) is 0 Å². The fourth-order valence-corrected chi connectivity index (χ4v) is 0.764. The first-order valence-electron chi connectivity index (χ1n) is 3.93. The normalized spacial score (nSPS) is 12.9. The van der Waals surface area contributed by atoms with Crippen LogP contribution in [0.2, 0.25) is 0 Å². The minimum atomic E-state index is 0.140. The van der Waals surface area contributed by atoms with Crippen molar-refractivity contribution in [3.05, 3.63) is 30.1 Å². The first-order chi connectivity index (χ1) is 5.00. The summed E-state index contributed by atoms with van der Waals surface area (Å²) in [5.41, 5.74) is 1.31. The van der Waals surface area contributed by atoms with Gasteiger partial charge in [-0.2, -0.15) is 0 Å². The molecule has 0 aliphatic carbocycles. The monoisotopic (exact) mass is 137 g/mol. The van der Waals surface area contributed by atoms with Crippen LogP contribution < -0.4 is 0 Å². The van der Waals surface area contributed by atoms with Gasteiger partial charge in [-0.1, -0.05) is 26.8 Å². The van der Waals surface area contributed by atoms with Crippen molar-refractivity contribution in [1.82, 2.24) is 4.98 Å². The minimum Gasteiger partial charge on any atom is -0.264 e. The summed E-state index contributed by atoms with van der Waals surface area (Å²) in [6.07, 6.45) is 2.10. The number of aromatic nitrogens is 1. The van der Waals surface area contributed by atoms with Crippen molar-refractivity contribution in [3.63, 3.8) is 0 Å². The van der Waals surface area contributed by atoms with E-state index in [-0.39, 0.29) is 5.41 Å². The molecule has 0 aliphatic rings. The first-order valence-corrected chi connectivity index (χ1v) is 3.43. The Labute approximate surface area is 63.5 Å². The van der Waals surface area contributed by atoms with Crippen molar-refractivity contribution >= 4 is 0 Å². The van der Waals surface area contributed by atoms with Crippen molar-refractivity contribution in [2.24, 2.45) is 0 Å². The Hall–Kier alpha value is -0.850. The molecule has 10 heavy (non-hydrogen) atoms. The van der Waals surface area contributed by atoms with E-state index in [0.717, 1.165) is 0 Å². The van der Waals surface area contributed by atoms with Crippen LogP contribution in [-0.4, -0.2) is 4.98 Å². The highest BCUT2D eigenvalue weighted by molar-refractivity contribution is 5.17. The third-order valence-corrected chi connectivity index (χ3v) is 1.48. The van der Waals surface area contributed by atoms with Crippen LogP contribution in [0.4, 0.5) is 0 Å². The molecule has 0 unspecified atom stereocenters. The summed E-state index contributed by atoms with van der Waals surface area (Å²) in [4.78, 5) is 3.91. The Bertz CT molecular complexity index is 233. The maximum absolute atomic E-state index is 7.19. The number of pyridine rings is 1. The van der Waals surface area contributed by atoms with Gasteiger partial charge in [0.25, 0.3) is 0 Å². The topological polar surface area (TPSA) is 12.9 Å². The summed E-state index contributed by atoms with van der Waals surface area (Å²) in [5, 5.41) is 0. The van der Waals surface area contributed by atoms with Crippen LogP contribution in [0.3, 0.4) is 0 Å². The van der Waals surface area contributed by atoms with Crippen LogP contribution in [0, 0.1) is 0 Å². The van der Waals surface area contributed by atoms with Crippen molar-refractivity contribution in [2.45, 2.75) is 26.2 Å². The van der Waals surface area contributed by atoms with Gasteiger partial charge in [0.05, 0.1) is 1.37 Å². The van der Waals surface area contributed by atoms with Gasteiger partial charge in [-0.25, -0.2) is 0 Å². The molecule has 54 valence electrons. The Balaban J connectivity index is 2.99. The average Bonchev–Trinajstić information content (AvgIpc) is 1.86. The number of hydrogen-bond donors (Lipinski definition) is 0. The summed E-state index contributed by atoms with van der Waals surface area (Å²) >= 11 is 0. The number of hydrogen-bond acceptors (Lipinski definition) is 1. The van der Waals surface area contributed by atoms with E-state index >= 15 is 0 Å². The predicted molar refractivity (Wildman–Crippen MR) is 42.9 cm³/mol. The van der Waals surface area contributed by atoms with Gasteiger partial charge < -0.3 is 0 Å². The van der Waals surface area contributed by atoms with E-state index in [1.54, 1.807) is 12.3 Å². The van der Waals surface area contributed by atoms with Crippen LogP contribution in [0.25, 0.3) is 0 Å². The zero-order valence-electron chi connectivity index (χ0n) is 7.68. The highest BCUT2D eigenvalue weighted by atomic mass is 14.6. The maximum Gasteiger partial charge on any atom is 0.0840 e. The van der Waals surface area contributed by atoms with Gasteiger partial charge in [0, 0.05) is 12.4 Å². The molecule has 0 bridgehead atoms. The van der Waals surface area contributed by atoms with Gasteiger partial charge in [0.15, 0.2) is 0 Å². The SMILES string of the molecule is [3H]c1ccc(C(C)(C)C)cn1. The zero-order valence-corrected chi connectivity index (χ0v) is 6.68. The summed E-state index contributed by atoms with van der Waals surface area (Å²) in [5.74, 6) is 0. The third kappa shape index (κ3) is 1.56. The quantitative estimate of drug-likeness (QED) is 0.535. The second-order valence-electron chi connectivity index (χ2n) is 3.43. The molecule has 0 N–H and O–H groups in total. The number of rotatable bonds is 0. The molecule has 0 radical (unpaired) electrons. The Morgan fingerprint density at radius 2 is 2.20 bits per heavy atom. The molecule has 0 spiro atoms. The van der Waals surface area contributed by atoms with Gasteiger partial charge in [-0.3, -0.25) is 4.98 Å². The summed E-state index contributed by atoms with van der Waals surface area (Å²) in [6.45, 7) is 6.40. The lowest BCUT2D eigenvalue weighted by molar-refractivity contribution is 0.587. The van der Waals surface area contributed by atoms with E-state index in [1.807, 2.05) is 6.07 Å². The Morgan fingerprint density at radius 3 is 2.60 bits per heavy atom. The number of nitrogens with zero attached hydrogens (tertiary/aromatic N) is 1. The van der Waals surface area contributed by atoms with Crippen LogP contribution in [-0.2, 0) is 5.41 Å². The van der Waals surface area contributed by atoms with E-state index in [9.17, 15) is 0 Å². The van der Waals surface area contributed by atoms with E-state index in [4.69, 9.17) is 1.37 Å². The molecule has 0 aliphatic heterocycles. The van der Waals surface area contributed by atoms with Gasteiger partial charge in [-0.15, -0.1) is 0 Å². The molecular weight excluding hydrogens is 122 g/mol. The van der Waals surface area contributed by atoms with E-state index in [1.165, 1.54) is 5.56 Å². The molecular formula is C9H13N. The van der Waals surface area contributed by atoms with Crippen LogP contribution in [0.5, 0.6) is 0 Å². The molecule has 1 rings (SSSR count). The molecule has 1 nitrogen and oxygen atoms in total. The minimum absolute atomic E-state index is 0.140. The van der Waals surface area contributed by atoms with Gasteiger partial charge in [-0.05, 0) is 17.0 Å². The second kappa shape index (κ2) is 2.41. The molecule has 1 heteroatoms. The second-order valence-corrected chi connectivity index (χ2v) is 3.43. The zero-order chi connectivity index (χ0) is 8.48. The van der Waals surface area contributed by atoms with Crippen molar-refractivity contribution < 1.29 is 1.37 Å². The highest BCUT2D eigenvalue weighted by Crippen LogP contribution is 2.19. The van der Waals surface area contributed by atoms with Gasteiger partial charge >= 0.3 is 0 Å². The fraction of sp³-hybridized carbons (Fsp3) is 0.444. The van der Waals surface area contributed by atoms with Crippen molar-refractivity contribution in [3.8, 4) is 0 Å². The summed E-state index contributed by atoms with van der Waals surface area (Å²) < 4.78 is 7.19. The maximum atomic E-state index is 7.19. The lowest BCUT2D eigenvalue weighted by Gasteiger charge is -2.17. The van der Waals surface area contributed by atoms with Crippen molar-refractivity contribution in [2.75, 3.05) is 0 Å². The molecule has 0 saturated heterocycles. The van der Waals surface area contributed by atoms with Gasteiger partial charge in [0.1, 0.15) is 0 Å². The largest absolute Gasteiger partial charge is 0.264 e. The molecule has 0 aromatic carbocycles. The molecule has 0 fully saturated rings. The van der Waals surface area contributed by atoms with E-state index in [0.29, 0.717) is 6.17 Å². The molecule has 0 amide bonds. The van der Waals surface area contributed by atoms with Gasteiger partial charge in [0.2, 0.25) is 0 Å². The lowest BCUT2D eigenvalue weighted by atomic mass is 9.88. The van der Waals surface area contributed by atoms with Crippen LogP contribution in [0.15, 0.2) is 24.5 Å². The fourth-order valence-electron chi connectivity index (χ4n) is 0.764. The molecule has 0 atom stereocenters. The lowest BCUT2D eigenvalue weighted by Crippen LogP contribution is -2.10. The van der Waals surface area contributed by atoms with Crippen LogP contribution in [0.1, 0.15) is 27.7 Å². The highest BCUT2D eigenvalue weighted by Gasteiger charge is 2.11. The smallest absolute Gasteiger partial charge is 0.0840 e. The molecule has 1 heterocycles. The molecule has 1 aromatic rings. The average molecular weight is 137 g/mol.